The molecule has 0 heteroatoms. The van der Waals surface area contributed by atoms with E-state index >= 15 is 0 Å². The number of allylic oxidation sites excluding steroid dienone is 4. The smallest absolute Gasteiger partial charge is 0.00793 e. The molecule has 100 valence electrons. The normalized spacial score (nSPS) is 14.7. The minimum Gasteiger partial charge on any atom is -0.0765 e. The number of aryl methyl sites for hydroxylation is 2. The molecule has 3 rings (SSSR count). The van der Waals surface area contributed by atoms with Gasteiger partial charge in [-0.15, -0.1) is 0 Å². The second kappa shape index (κ2) is 5.13. The highest BCUT2D eigenvalue weighted by atomic mass is 14.2. The molecule has 1 aliphatic carbocycles. The van der Waals surface area contributed by atoms with Gasteiger partial charge >= 0.3 is 0 Å². The maximum atomic E-state index is 2.34. The van der Waals surface area contributed by atoms with Crippen LogP contribution < -0.4 is 0 Å². The molecule has 0 nitrogen and oxygen atoms in total. The van der Waals surface area contributed by atoms with Crippen LogP contribution in [0.4, 0.5) is 0 Å². The van der Waals surface area contributed by atoms with E-state index in [9.17, 15) is 0 Å². The molecule has 0 unspecified atom stereocenters. The van der Waals surface area contributed by atoms with E-state index in [1.807, 2.05) is 0 Å². The molecule has 0 saturated carbocycles. The fraction of sp³-hybridized carbons (Fsp3) is 0.200. The molecule has 2 aromatic rings. The van der Waals surface area contributed by atoms with Crippen LogP contribution in [-0.2, 0) is 0 Å². The maximum absolute atomic E-state index is 2.34. The quantitative estimate of drug-likeness (QED) is 0.662. The lowest BCUT2D eigenvalue weighted by Gasteiger charge is -2.11. The fourth-order valence-corrected chi connectivity index (χ4v) is 2.84. The van der Waals surface area contributed by atoms with Crippen molar-refractivity contribution in [2.75, 3.05) is 0 Å². The SMILES string of the molecule is CC1=CCC(c2ccc(C)cc2)=C1c1ccc(C)cc1. The van der Waals surface area contributed by atoms with E-state index in [4.69, 9.17) is 0 Å². The minimum absolute atomic E-state index is 1.04. The van der Waals surface area contributed by atoms with Crippen molar-refractivity contribution in [1.29, 1.82) is 0 Å². The van der Waals surface area contributed by atoms with Gasteiger partial charge in [0.2, 0.25) is 0 Å². The molecule has 0 aliphatic heterocycles. The molecule has 0 N–H and O–H groups in total. The van der Waals surface area contributed by atoms with Crippen LogP contribution in [0.1, 0.15) is 35.6 Å². The zero-order valence-electron chi connectivity index (χ0n) is 12.4. The summed E-state index contributed by atoms with van der Waals surface area (Å²) in [7, 11) is 0. The van der Waals surface area contributed by atoms with Gasteiger partial charge < -0.3 is 0 Å². The topological polar surface area (TPSA) is 0 Å². The fourth-order valence-electron chi connectivity index (χ4n) is 2.84. The highest BCUT2D eigenvalue weighted by Gasteiger charge is 2.17. The molecule has 0 spiro atoms. The van der Waals surface area contributed by atoms with Gasteiger partial charge in [0.25, 0.3) is 0 Å². The third-order valence-electron chi connectivity index (χ3n) is 4.05. The monoisotopic (exact) mass is 260 g/mol. The highest BCUT2D eigenvalue weighted by molar-refractivity contribution is 6.01. The Morgan fingerprint density at radius 3 is 1.70 bits per heavy atom. The van der Waals surface area contributed by atoms with E-state index < -0.39 is 0 Å². The summed E-state index contributed by atoms with van der Waals surface area (Å²) in [5, 5.41) is 0. The molecule has 1 aliphatic rings. The largest absolute Gasteiger partial charge is 0.0765 e. The summed E-state index contributed by atoms with van der Waals surface area (Å²) in [4.78, 5) is 0. The van der Waals surface area contributed by atoms with Crippen molar-refractivity contribution in [3.05, 3.63) is 82.4 Å². The lowest BCUT2D eigenvalue weighted by Crippen LogP contribution is -1.89. The third kappa shape index (κ3) is 2.34. The minimum atomic E-state index is 1.04. The predicted molar refractivity (Wildman–Crippen MR) is 87.5 cm³/mol. The van der Waals surface area contributed by atoms with Crippen molar-refractivity contribution in [2.45, 2.75) is 27.2 Å². The highest BCUT2D eigenvalue weighted by Crippen LogP contribution is 2.39. The molecule has 0 fully saturated rings. The molecule has 20 heavy (non-hydrogen) atoms. The van der Waals surface area contributed by atoms with Crippen molar-refractivity contribution in [3.8, 4) is 0 Å². The summed E-state index contributed by atoms with van der Waals surface area (Å²) in [6.07, 6.45) is 3.38. The second-order valence-corrected chi connectivity index (χ2v) is 5.68. The van der Waals surface area contributed by atoms with Gasteiger partial charge in [0.05, 0.1) is 0 Å². The van der Waals surface area contributed by atoms with Gasteiger partial charge in [-0.25, -0.2) is 0 Å². The van der Waals surface area contributed by atoms with E-state index in [1.165, 1.54) is 39.0 Å². The third-order valence-corrected chi connectivity index (χ3v) is 4.05. The van der Waals surface area contributed by atoms with Crippen LogP contribution in [0.3, 0.4) is 0 Å². The van der Waals surface area contributed by atoms with Gasteiger partial charge in [0, 0.05) is 0 Å². The van der Waals surface area contributed by atoms with Crippen molar-refractivity contribution in [2.24, 2.45) is 0 Å². The Morgan fingerprint density at radius 1 is 0.650 bits per heavy atom. The lowest BCUT2D eigenvalue weighted by molar-refractivity contribution is 1.39. The first-order valence-electron chi connectivity index (χ1n) is 7.19. The van der Waals surface area contributed by atoms with Crippen molar-refractivity contribution >= 4 is 11.1 Å². The maximum Gasteiger partial charge on any atom is -0.00793 e. The van der Waals surface area contributed by atoms with E-state index in [0.717, 1.165) is 6.42 Å². The van der Waals surface area contributed by atoms with Gasteiger partial charge in [0.15, 0.2) is 0 Å². The van der Waals surface area contributed by atoms with Gasteiger partial charge in [0.1, 0.15) is 0 Å². The Labute approximate surface area is 121 Å². The zero-order chi connectivity index (χ0) is 14.1. The van der Waals surface area contributed by atoms with Crippen LogP contribution in [-0.4, -0.2) is 0 Å². The molecule has 0 atom stereocenters. The number of hydrogen-bond acceptors (Lipinski definition) is 0. The van der Waals surface area contributed by atoms with Crippen LogP contribution >= 0.6 is 0 Å². The molecule has 0 heterocycles. The lowest BCUT2D eigenvalue weighted by atomic mass is 9.93. The van der Waals surface area contributed by atoms with Crippen molar-refractivity contribution in [1.82, 2.24) is 0 Å². The molecule has 0 radical (unpaired) electrons. The van der Waals surface area contributed by atoms with Crippen LogP contribution in [0, 0.1) is 13.8 Å². The van der Waals surface area contributed by atoms with E-state index in [0.29, 0.717) is 0 Å². The molecule has 2 aromatic carbocycles. The Kier molecular flexibility index (Phi) is 3.31. The van der Waals surface area contributed by atoms with Gasteiger partial charge in [-0.05, 0) is 55.0 Å². The zero-order valence-corrected chi connectivity index (χ0v) is 12.4. The van der Waals surface area contributed by atoms with Crippen molar-refractivity contribution < 1.29 is 0 Å². The summed E-state index contributed by atoms with van der Waals surface area (Å²) in [5.74, 6) is 0. The van der Waals surface area contributed by atoms with E-state index in [1.54, 1.807) is 0 Å². The number of hydrogen-bond donors (Lipinski definition) is 0. The molecule has 0 saturated heterocycles. The van der Waals surface area contributed by atoms with Gasteiger partial charge in [-0.3, -0.25) is 0 Å². The Bertz CT molecular complexity index is 680. The van der Waals surface area contributed by atoms with Crippen LogP contribution in [0.2, 0.25) is 0 Å². The van der Waals surface area contributed by atoms with E-state index in [-0.39, 0.29) is 0 Å². The predicted octanol–water partition coefficient (Wildman–Crippen LogP) is 5.56. The van der Waals surface area contributed by atoms with Crippen LogP contribution in [0.15, 0.2) is 60.2 Å². The van der Waals surface area contributed by atoms with Crippen LogP contribution in [0.25, 0.3) is 11.1 Å². The summed E-state index contributed by atoms with van der Waals surface area (Å²) in [6.45, 7) is 6.49. The Balaban J connectivity index is 2.11. The molecule has 0 bridgehead atoms. The molecular formula is C20H20. The van der Waals surface area contributed by atoms with Gasteiger partial charge in [-0.2, -0.15) is 0 Å². The standard InChI is InChI=1S/C20H20/c1-14-4-9-17(10-5-14)19-13-8-16(3)20(19)18-11-6-15(2)7-12-18/h4-12H,13H2,1-3H3. The second-order valence-electron chi connectivity index (χ2n) is 5.68. The van der Waals surface area contributed by atoms with Gasteiger partial charge in [-0.1, -0.05) is 65.7 Å². The molecule has 0 aromatic heterocycles. The summed E-state index contributed by atoms with van der Waals surface area (Å²) >= 11 is 0. The Morgan fingerprint density at radius 2 is 1.15 bits per heavy atom. The first-order chi connectivity index (χ1) is 9.65. The number of rotatable bonds is 2. The Hall–Kier alpha value is -2.08. The molecule has 0 amide bonds. The summed E-state index contributed by atoms with van der Waals surface area (Å²) in [5.41, 5.74) is 9.56. The van der Waals surface area contributed by atoms with Crippen molar-refractivity contribution in [3.63, 3.8) is 0 Å². The average Bonchev–Trinajstić information content (AvgIpc) is 2.83. The first-order valence-corrected chi connectivity index (χ1v) is 7.19. The van der Waals surface area contributed by atoms with Crippen LogP contribution in [0.5, 0.6) is 0 Å². The summed E-state index contributed by atoms with van der Waals surface area (Å²) in [6, 6.07) is 17.7. The van der Waals surface area contributed by atoms with E-state index in [2.05, 4.69) is 75.4 Å². The average molecular weight is 260 g/mol. The number of benzene rings is 2. The first kappa shape index (κ1) is 12.9. The summed E-state index contributed by atoms with van der Waals surface area (Å²) < 4.78 is 0. The molecular weight excluding hydrogens is 240 g/mol.